The van der Waals surface area contributed by atoms with Crippen molar-refractivity contribution in [2.24, 2.45) is 0 Å². The third kappa shape index (κ3) is 5.28. The SMILES string of the molecule is CCCc1cc(F)c(C(=O)Oc2cc(F)c(OC=CC(F)F)c(F)c2)c(F)c1. The van der Waals surface area contributed by atoms with Gasteiger partial charge in [-0.3, -0.25) is 0 Å². The van der Waals surface area contributed by atoms with Crippen LogP contribution in [0.15, 0.2) is 36.6 Å². The van der Waals surface area contributed by atoms with Crippen LogP contribution in [0.5, 0.6) is 11.5 Å². The van der Waals surface area contributed by atoms with Gasteiger partial charge in [0.25, 0.3) is 6.43 Å². The molecule has 150 valence electrons. The topological polar surface area (TPSA) is 35.5 Å². The van der Waals surface area contributed by atoms with Crippen molar-refractivity contribution in [3.05, 3.63) is 71.0 Å². The molecular weight excluding hydrogens is 390 g/mol. The summed E-state index contributed by atoms with van der Waals surface area (Å²) in [6.45, 7) is 1.80. The van der Waals surface area contributed by atoms with Crippen molar-refractivity contribution in [3.8, 4) is 11.5 Å². The molecule has 2 aromatic rings. The molecule has 0 saturated heterocycles. The number of aryl methyl sites for hydroxylation is 1. The van der Waals surface area contributed by atoms with Gasteiger partial charge >= 0.3 is 5.97 Å². The summed E-state index contributed by atoms with van der Waals surface area (Å²) < 4.78 is 88.8. The lowest BCUT2D eigenvalue weighted by Gasteiger charge is -2.10. The molecule has 9 heteroatoms. The van der Waals surface area contributed by atoms with Gasteiger partial charge < -0.3 is 9.47 Å². The smallest absolute Gasteiger partial charge is 0.349 e. The van der Waals surface area contributed by atoms with Crippen LogP contribution < -0.4 is 9.47 Å². The van der Waals surface area contributed by atoms with Crippen LogP contribution in [0.1, 0.15) is 29.3 Å². The number of carbonyl (C=O) groups is 1. The fourth-order valence-electron chi connectivity index (χ4n) is 2.29. The predicted octanol–water partition coefficient (Wildman–Crippen LogP) is 5.57. The summed E-state index contributed by atoms with van der Waals surface area (Å²) in [6.07, 6.45) is -1.23. The van der Waals surface area contributed by atoms with Crippen molar-refractivity contribution in [2.45, 2.75) is 26.2 Å². The first-order valence-corrected chi connectivity index (χ1v) is 8.03. The molecule has 0 atom stereocenters. The Labute approximate surface area is 156 Å². The second-order valence-electron chi connectivity index (χ2n) is 5.57. The normalized spacial score (nSPS) is 11.3. The molecule has 2 aromatic carbocycles. The number of ether oxygens (including phenoxy) is 2. The average Bonchev–Trinajstić information content (AvgIpc) is 2.56. The number of hydrogen-bond acceptors (Lipinski definition) is 3. The van der Waals surface area contributed by atoms with Crippen molar-refractivity contribution >= 4 is 5.97 Å². The molecule has 2 rings (SSSR count). The van der Waals surface area contributed by atoms with Gasteiger partial charge in [-0.2, -0.15) is 0 Å². The van der Waals surface area contributed by atoms with Crippen LogP contribution in [0.25, 0.3) is 0 Å². The minimum Gasteiger partial charge on any atom is -0.459 e. The lowest BCUT2D eigenvalue weighted by Crippen LogP contribution is -2.14. The highest BCUT2D eigenvalue weighted by atomic mass is 19.3. The largest absolute Gasteiger partial charge is 0.459 e. The van der Waals surface area contributed by atoms with Crippen LogP contribution in [0.3, 0.4) is 0 Å². The Hall–Kier alpha value is -2.97. The number of alkyl halides is 2. The van der Waals surface area contributed by atoms with Gasteiger partial charge in [-0.05, 0) is 24.1 Å². The number of rotatable bonds is 7. The molecule has 0 N–H and O–H groups in total. The van der Waals surface area contributed by atoms with E-state index in [0.29, 0.717) is 36.8 Å². The number of esters is 1. The van der Waals surface area contributed by atoms with E-state index < -0.39 is 52.7 Å². The van der Waals surface area contributed by atoms with E-state index in [4.69, 9.17) is 0 Å². The first-order chi connectivity index (χ1) is 13.2. The van der Waals surface area contributed by atoms with Gasteiger partial charge in [0.05, 0.1) is 6.26 Å². The number of halogens is 6. The van der Waals surface area contributed by atoms with Crippen LogP contribution >= 0.6 is 0 Å². The van der Waals surface area contributed by atoms with Crippen LogP contribution in [0.4, 0.5) is 26.3 Å². The minimum atomic E-state index is -2.89. The maximum Gasteiger partial charge on any atom is 0.349 e. The van der Waals surface area contributed by atoms with Crippen LogP contribution in [-0.2, 0) is 6.42 Å². The molecule has 0 bridgehead atoms. The van der Waals surface area contributed by atoms with Gasteiger partial charge in [-0.25, -0.2) is 31.1 Å². The highest BCUT2D eigenvalue weighted by Crippen LogP contribution is 2.28. The molecule has 0 spiro atoms. The summed E-state index contributed by atoms with van der Waals surface area (Å²) in [4.78, 5) is 12.0. The Morgan fingerprint density at radius 2 is 1.57 bits per heavy atom. The lowest BCUT2D eigenvalue weighted by atomic mass is 10.1. The predicted molar refractivity (Wildman–Crippen MR) is 87.4 cm³/mol. The van der Waals surface area contributed by atoms with E-state index in [1.807, 2.05) is 0 Å². The quantitative estimate of drug-likeness (QED) is 0.262. The average molecular weight is 404 g/mol. The number of benzene rings is 2. The van der Waals surface area contributed by atoms with E-state index in [0.717, 1.165) is 12.1 Å². The fraction of sp³-hybridized carbons (Fsp3) is 0.211. The zero-order valence-corrected chi connectivity index (χ0v) is 14.4. The van der Waals surface area contributed by atoms with Crippen molar-refractivity contribution in [1.82, 2.24) is 0 Å². The maximum absolute atomic E-state index is 14.0. The highest BCUT2D eigenvalue weighted by molar-refractivity contribution is 5.91. The molecule has 0 amide bonds. The van der Waals surface area contributed by atoms with Crippen LogP contribution in [0.2, 0.25) is 0 Å². The molecule has 28 heavy (non-hydrogen) atoms. The molecule has 0 aliphatic carbocycles. The summed E-state index contributed by atoms with van der Waals surface area (Å²) in [7, 11) is 0. The lowest BCUT2D eigenvalue weighted by molar-refractivity contribution is 0.0723. The molecule has 0 aliphatic rings. The van der Waals surface area contributed by atoms with Crippen LogP contribution in [0, 0.1) is 23.3 Å². The zero-order valence-electron chi connectivity index (χ0n) is 14.4. The summed E-state index contributed by atoms with van der Waals surface area (Å²) in [6, 6.07) is 2.95. The standard InChI is InChI=1S/C19H14F6O3/c1-2-3-10-6-12(20)17(13(21)7-10)19(26)28-11-8-14(22)18(15(23)9-11)27-5-4-16(24)25/h4-9,16H,2-3H2,1H3. The number of hydrogen-bond donors (Lipinski definition) is 0. The summed E-state index contributed by atoms with van der Waals surface area (Å²) in [5.74, 6) is -8.30. The molecule has 0 fully saturated rings. The third-order valence-corrected chi connectivity index (χ3v) is 3.44. The van der Waals surface area contributed by atoms with Crippen molar-refractivity contribution < 1.29 is 40.6 Å². The fourth-order valence-corrected chi connectivity index (χ4v) is 2.29. The highest BCUT2D eigenvalue weighted by Gasteiger charge is 2.22. The van der Waals surface area contributed by atoms with Gasteiger partial charge in [0.15, 0.2) is 17.4 Å². The Balaban J connectivity index is 2.23. The maximum atomic E-state index is 14.0. The first-order valence-electron chi connectivity index (χ1n) is 8.03. The summed E-state index contributed by atoms with van der Waals surface area (Å²) in [5, 5.41) is 0. The van der Waals surface area contributed by atoms with Gasteiger partial charge in [-0.15, -0.1) is 0 Å². The monoisotopic (exact) mass is 404 g/mol. The molecule has 0 aromatic heterocycles. The molecule has 0 heterocycles. The second kappa shape index (κ2) is 9.29. The molecular formula is C19H14F6O3. The molecule has 3 nitrogen and oxygen atoms in total. The molecule has 0 saturated carbocycles. The molecule has 0 unspecified atom stereocenters. The van der Waals surface area contributed by atoms with Crippen molar-refractivity contribution in [3.63, 3.8) is 0 Å². The number of carbonyl (C=O) groups excluding carboxylic acids is 1. The van der Waals surface area contributed by atoms with E-state index in [9.17, 15) is 31.1 Å². The zero-order chi connectivity index (χ0) is 20.8. The summed E-state index contributed by atoms with van der Waals surface area (Å²) in [5.41, 5.74) is -0.676. The van der Waals surface area contributed by atoms with E-state index in [1.165, 1.54) is 0 Å². The van der Waals surface area contributed by atoms with E-state index >= 15 is 0 Å². The Bertz CT molecular complexity index is 849. The van der Waals surface area contributed by atoms with Crippen LogP contribution in [-0.4, -0.2) is 12.4 Å². The van der Waals surface area contributed by atoms with Gasteiger partial charge in [0, 0.05) is 18.2 Å². The van der Waals surface area contributed by atoms with Gasteiger partial charge in [0.1, 0.15) is 22.9 Å². The minimum absolute atomic E-state index is 0.251. The number of allylic oxidation sites excluding steroid dienone is 1. The molecule has 0 radical (unpaired) electrons. The summed E-state index contributed by atoms with van der Waals surface area (Å²) >= 11 is 0. The van der Waals surface area contributed by atoms with Crippen molar-refractivity contribution in [2.75, 3.05) is 0 Å². The first kappa shape index (κ1) is 21.3. The van der Waals surface area contributed by atoms with Gasteiger partial charge in [-0.1, -0.05) is 13.3 Å². The molecule has 0 aliphatic heterocycles. The van der Waals surface area contributed by atoms with Crippen molar-refractivity contribution in [1.29, 1.82) is 0 Å². The third-order valence-electron chi connectivity index (χ3n) is 3.44. The van der Waals surface area contributed by atoms with E-state index in [2.05, 4.69) is 9.47 Å². The Morgan fingerprint density at radius 3 is 2.07 bits per heavy atom. The van der Waals surface area contributed by atoms with Gasteiger partial charge in [0.2, 0.25) is 0 Å². The Kier molecular flexibility index (Phi) is 7.08. The second-order valence-corrected chi connectivity index (χ2v) is 5.57. The van der Waals surface area contributed by atoms with E-state index in [1.54, 1.807) is 6.92 Å². The Morgan fingerprint density at radius 1 is 1.00 bits per heavy atom. The van der Waals surface area contributed by atoms with E-state index in [-0.39, 0.29) is 6.08 Å².